The molecule has 0 spiro atoms. The van der Waals surface area contributed by atoms with Crippen molar-refractivity contribution in [3.05, 3.63) is 4.88 Å². The number of nitrogen functional groups attached to an aromatic ring is 1. The number of hydrogen-bond donors (Lipinski definition) is 3. The number of piperidine rings is 1. The van der Waals surface area contributed by atoms with Crippen molar-refractivity contribution < 1.29 is 4.74 Å². The van der Waals surface area contributed by atoms with Crippen LogP contribution in [0.25, 0.3) is 0 Å². The Hall–Kier alpha value is -1.45. The van der Waals surface area contributed by atoms with Gasteiger partial charge in [0, 0.05) is 6.04 Å². The Morgan fingerprint density at radius 1 is 1.53 bits per heavy atom. The zero-order valence-corrected chi connectivity index (χ0v) is 10.6. The van der Waals surface area contributed by atoms with Crippen LogP contribution < -0.4 is 21.1 Å². The van der Waals surface area contributed by atoms with E-state index in [-0.39, 0.29) is 0 Å². The smallest absolute Gasteiger partial charge is 0.177 e. The predicted molar refractivity (Wildman–Crippen MR) is 69.5 cm³/mol. The van der Waals surface area contributed by atoms with E-state index < -0.39 is 0 Å². The number of thiophene rings is 1. The summed E-state index contributed by atoms with van der Waals surface area (Å²) in [6.07, 6.45) is 2.14. The summed E-state index contributed by atoms with van der Waals surface area (Å²) in [5.41, 5.74) is 6.28. The van der Waals surface area contributed by atoms with Gasteiger partial charge in [0.1, 0.15) is 21.6 Å². The molecule has 0 radical (unpaired) electrons. The van der Waals surface area contributed by atoms with Crippen LogP contribution in [0.3, 0.4) is 0 Å². The summed E-state index contributed by atoms with van der Waals surface area (Å²) in [7, 11) is 1.58. The minimum Gasteiger partial charge on any atom is -0.492 e. The molecule has 92 valence electrons. The quantitative estimate of drug-likeness (QED) is 0.757. The molecule has 0 aromatic carbocycles. The molecule has 1 fully saturated rings. The van der Waals surface area contributed by atoms with Gasteiger partial charge in [-0.05, 0) is 25.9 Å². The molecule has 1 aliphatic heterocycles. The van der Waals surface area contributed by atoms with Crippen molar-refractivity contribution in [2.75, 3.05) is 31.2 Å². The van der Waals surface area contributed by atoms with E-state index in [1.165, 1.54) is 11.3 Å². The molecule has 5 nitrogen and oxygen atoms in total. The van der Waals surface area contributed by atoms with E-state index in [0.29, 0.717) is 22.4 Å². The van der Waals surface area contributed by atoms with E-state index in [1.807, 2.05) is 0 Å². The topological polar surface area (TPSA) is 83.1 Å². The Balaban J connectivity index is 2.17. The number of methoxy groups -OCH3 is 1. The molecular weight excluding hydrogens is 236 g/mol. The Morgan fingerprint density at radius 3 is 2.82 bits per heavy atom. The van der Waals surface area contributed by atoms with Crippen LogP contribution >= 0.6 is 11.3 Å². The monoisotopic (exact) mass is 252 g/mol. The minimum absolute atomic E-state index is 0.426. The van der Waals surface area contributed by atoms with Crippen LogP contribution in [-0.2, 0) is 0 Å². The maximum absolute atomic E-state index is 8.94. The third-order valence-electron chi connectivity index (χ3n) is 2.88. The summed E-state index contributed by atoms with van der Waals surface area (Å²) in [6, 6.07) is 2.51. The van der Waals surface area contributed by atoms with Gasteiger partial charge in [-0.3, -0.25) is 0 Å². The number of hydrogen-bond acceptors (Lipinski definition) is 6. The molecule has 0 aliphatic carbocycles. The SMILES string of the molecule is COc1c(NC2CCNCC2)sc(C#N)c1N. The van der Waals surface area contributed by atoms with Crippen LogP contribution in [0.1, 0.15) is 17.7 Å². The van der Waals surface area contributed by atoms with E-state index in [2.05, 4.69) is 16.7 Å². The van der Waals surface area contributed by atoms with Crippen molar-refractivity contribution >= 4 is 22.0 Å². The number of ether oxygens (including phenoxy) is 1. The van der Waals surface area contributed by atoms with E-state index in [4.69, 9.17) is 15.7 Å². The molecule has 4 N–H and O–H groups in total. The Bertz CT molecular complexity index is 431. The summed E-state index contributed by atoms with van der Waals surface area (Å²) in [5, 5.41) is 16.5. The lowest BCUT2D eigenvalue weighted by Gasteiger charge is -2.24. The number of nitrogens with zero attached hydrogens (tertiary/aromatic N) is 1. The van der Waals surface area contributed by atoms with Gasteiger partial charge in [0.25, 0.3) is 0 Å². The maximum atomic E-state index is 8.94. The normalized spacial score (nSPS) is 16.5. The summed E-state index contributed by atoms with van der Waals surface area (Å²) in [5.74, 6) is 0.602. The molecule has 0 amide bonds. The van der Waals surface area contributed by atoms with Crippen molar-refractivity contribution in [3.8, 4) is 11.8 Å². The Morgan fingerprint density at radius 2 is 2.24 bits per heavy atom. The van der Waals surface area contributed by atoms with Crippen molar-refractivity contribution in [2.45, 2.75) is 18.9 Å². The van der Waals surface area contributed by atoms with Gasteiger partial charge in [-0.15, -0.1) is 11.3 Å². The summed E-state index contributed by atoms with van der Waals surface area (Å²) < 4.78 is 5.26. The first-order valence-corrected chi connectivity index (χ1v) is 6.41. The summed E-state index contributed by atoms with van der Waals surface area (Å²) >= 11 is 1.36. The van der Waals surface area contributed by atoms with Crippen molar-refractivity contribution in [1.29, 1.82) is 5.26 Å². The molecule has 0 bridgehead atoms. The van der Waals surface area contributed by atoms with Gasteiger partial charge in [-0.25, -0.2) is 0 Å². The zero-order chi connectivity index (χ0) is 12.3. The Labute approximate surface area is 105 Å². The first-order chi connectivity index (χ1) is 8.26. The summed E-state index contributed by atoms with van der Waals surface area (Å²) in [6.45, 7) is 2.04. The van der Waals surface area contributed by atoms with Crippen molar-refractivity contribution in [1.82, 2.24) is 5.32 Å². The molecule has 2 rings (SSSR count). The fourth-order valence-corrected chi connectivity index (χ4v) is 2.93. The third kappa shape index (κ3) is 2.46. The molecule has 0 atom stereocenters. The first-order valence-electron chi connectivity index (χ1n) is 5.60. The van der Waals surface area contributed by atoms with Crippen LogP contribution in [0.15, 0.2) is 0 Å². The lowest BCUT2D eigenvalue weighted by atomic mass is 10.1. The van der Waals surface area contributed by atoms with E-state index >= 15 is 0 Å². The highest BCUT2D eigenvalue weighted by Crippen LogP contribution is 2.42. The highest BCUT2D eigenvalue weighted by molar-refractivity contribution is 7.17. The van der Waals surface area contributed by atoms with Crippen LogP contribution in [0.5, 0.6) is 5.75 Å². The number of nitrogens with two attached hydrogens (primary N) is 1. The van der Waals surface area contributed by atoms with Gasteiger partial charge in [-0.2, -0.15) is 5.26 Å². The molecule has 17 heavy (non-hydrogen) atoms. The van der Waals surface area contributed by atoms with Gasteiger partial charge < -0.3 is 21.1 Å². The Kier molecular flexibility index (Phi) is 3.71. The van der Waals surface area contributed by atoms with Crippen molar-refractivity contribution in [2.24, 2.45) is 0 Å². The highest BCUT2D eigenvalue weighted by atomic mass is 32.1. The molecular formula is C11H16N4OS. The molecule has 1 aromatic rings. The highest BCUT2D eigenvalue weighted by Gasteiger charge is 2.20. The molecule has 0 unspecified atom stereocenters. The van der Waals surface area contributed by atoms with Crippen molar-refractivity contribution in [3.63, 3.8) is 0 Å². The average Bonchev–Trinajstić information content (AvgIpc) is 2.66. The van der Waals surface area contributed by atoms with Crippen LogP contribution in [0.2, 0.25) is 0 Å². The fraction of sp³-hybridized carbons (Fsp3) is 0.545. The molecule has 2 heterocycles. The second-order valence-corrected chi connectivity index (χ2v) is 5.01. The average molecular weight is 252 g/mol. The third-order valence-corrected chi connectivity index (χ3v) is 3.90. The number of anilines is 2. The van der Waals surface area contributed by atoms with Gasteiger partial charge >= 0.3 is 0 Å². The van der Waals surface area contributed by atoms with E-state index in [1.54, 1.807) is 7.11 Å². The van der Waals surface area contributed by atoms with Crippen LogP contribution in [0.4, 0.5) is 10.7 Å². The molecule has 1 saturated heterocycles. The second kappa shape index (κ2) is 5.25. The lowest BCUT2D eigenvalue weighted by Crippen LogP contribution is -2.35. The van der Waals surface area contributed by atoms with Gasteiger partial charge in [0.05, 0.1) is 7.11 Å². The van der Waals surface area contributed by atoms with E-state index in [9.17, 15) is 0 Å². The van der Waals surface area contributed by atoms with Gasteiger partial charge in [-0.1, -0.05) is 0 Å². The zero-order valence-electron chi connectivity index (χ0n) is 9.75. The standard InChI is InChI=1S/C11H16N4OS/c1-16-10-9(13)8(6-12)17-11(10)15-7-2-4-14-5-3-7/h7,14-15H,2-5,13H2,1H3. The van der Waals surface area contributed by atoms with Gasteiger partial charge in [0.15, 0.2) is 5.75 Å². The van der Waals surface area contributed by atoms with Crippen LogP contribution in [-0.4, -0.2) is 26.2 Å². The fourth-order valence-electron chi connectivity index (χ4n) is 1.96. The molecule has 0 saturated carbocycles. The van der Waals surface area contributed by atoms with Crippen LogP contribution in [0, 0.1) is 11.3 Å². The molecule has 1 aromatic heterocycles. The van der Waals surface area contributed by atoms with E-state index in [0.717, 1.165) is 30.9 Å². The predicted octanol–water partition coefficient (Wildman–Crippen LogP) is 1.37. The first kappa shape index (κ1) is 12.0. The molecule has 1 aliphatic rings. The lowest BCUT2D eigenvalue weighted by molar-refractivity contribution is 0.418. The summed E-state index contributed by atoms with van der Waals surface area (Å²) in [4.78, 5) is 0.512. The minimum atomic E-state index is 0.426. The number of nitrogens with one attached hydrogen (secondary N) is 2. The molecule has 6 heteroatoms. The number of nitriles is 1. The maximum Gasteiger partial charge on any atom is 0.177 e. The number of rotatable bonds is 3. The van der Waals surface area contributed by atoms with Gasteiger partial charge in [0.2, 0.25) is 0 Å². The largest absolute Gasteiger partial charge is 0.492 e. The second-order valence-electron chi connectivity index (χ2n) is 3.99.